The molecule has 29 heavy (non-hydrogen) atoms. The first-order chi connectivity index (χ1) is 14.0. The van der Waals surface area contributed by atoms with Crippen molar-refractivity contribution < 1.29 is 14.6 Å². The van der Waals surface area contributed by atoms with Gasteiger partial charge in [-0.2, -0.15) is 0 Å². The highest BCUT2D eigenvalue weighted by Gasteiger charge is 2.45. The first-order valence-electron chi connectivity index (χ1n) is 10.4. The van der Waals surface area contributed by atoms with Crippen LogP contribution in [0.1, 0.15) is 49.8 Å². The van der Waals surface area contributed by atoms with Crippen molar-refractivity contribution in [2.24, 2.45) is 0 Å². The molecule has 1 aliphatic heterocycles. The summed E-state index contributed by atoms with van der Waals surface area (Å²) in [6.07, 6.45) is 7.64. The number of amides is 1. The van der Waals surface area contributed by atoms with Crippen molar-refractivity contribution in [1.29, 1.82) is 0 Å². The van der Waals surface area contributed by atoms with E-state index in [-0.39, 0.29) is 23.6 Å². The molecule has 1 spiro atoms. The van der Waals surface area contributed by atoms with E-state index in [9.17, 15) is 9.90 Å². The maximum Gasteiger partial charge on any atom is 0.217 e. The third-order valence-electron chi connectivity index (χ3n) is 6.08. The van der Waals surface area contributed by atoms with Crippen LogP contribution in [0.3, 0.4) is 0 Å². The zero-order valence-corrected chi connectivity index (χ0v) is 16.8. The van der Waals surface area contributed by atoms with Gasteiger partial charge in [0, 0.05) is 37.7 Å². The lowest BCUT2D eigenvalue weighted by Crippen LogP contribution is -2.52. The summed E-state index contributed by atoms with van der Waals surface area (Å²) in [5.41, 5.74) is 2.07. The normalized spacial score (nSPS) is 21.4. The zero-order chi connectivity index (χ0) is 20.3. The molecule has 0 bridgehead atoms. The number of aliphatic hydroxyl groups is 1. The Balaban J connectivity index is 1.44. The molecule has 1 amide bonds. The van der Waals surface area contributed by atoms with E-state index in [1.807, 2.05) is 36.4 Å². The molecule has 3 atom stereocenters. The Bertz CT molecular complexity index is 838. The first kappa shape index (κ1) is 19.9. The summed E-state index contributed by atoms with van der Waals surface area (Å²) >= 11 is 0. The largest absolute Gasteiger partial charge is 0.485 e. The number of hydrogen-bond donors (Lipinski definition) is 3. The van der Waals surface area contributed by atoms with Gasteiger partial charge < -0.3 is 20.5 Å². The maximum absolute atomic E-state index is 11.7. The van der Waals surface area contributed by atoms with Crippen LogP contribution < -0.4 is 15.4 Å². The number of carbonyl (C=O) groups excluding carboxylic acids is 1. The molecule has 4 rings (SSSR count). The van der Waals surface area contributed by atoms with Crippen LogP contribution in [0, 0.1) is 0 Å². The Labute approximate surface area is 171 Å². The van der Waals surface area contributed by atoms with Crippen LogP contribution in [-0.4, -0.2) is 40.3 Å². The average molecular weight is 396 g/mol. The summed E-state index contributed by atoms with van der Waals surface area (Å²) in [4.78, 5) is 15.9. The predicted octanol–water partition coefficient (Wildman–Crippen LogP) is 2.53. The molecule has 2 aromatic rings. The smallest absolute Gasteiger partial charge is 0.217 e. The van der Waals surface area contributed by atoms with E-state index in [4.69, 9.17) is 4.74 Å². The molecule has 0 radical (unpaired) electrons. The molecule has 6 heteroatoms. The third-order valence-corrected chi connectivity index (χ3v) is 6.08. The van der Waals surface area contributed by atoms with Crippen LogP contribution in [0.2, 0.25) is 0 Å². The van der Waals surface area contributed by atoms with E-state index in [0.717, 1.165) is 36.1 Å². The van der Waals surface area contributed by atoms with Gasteiger partial charge in [0.15, 0.2) is 0 Å². The van der Waals surface area contributed by atoms with E-state index in [1.54, 1.807) is 12.4 Å². The maximum atomic E-state index is 11.7. The van der Waals surface area contributed by atoms with Crippen molar-refractivity contribution in [1.82, 2.24) is 15.6 Å². The summed E-state index contributed by atoms with van der Waals surface area (Å²) in [5.74, 6) is 0.703. The van der Waals surface area contributed by atoms with Gasteiger partial charge >= 0.3 is 0 Å². The lowest BCUT2D eigenvalue weighted by molar-refractivity contribution is -0.120. The molecule has 3 N–H and O–H groups in total. The van der Waals surface area contributed by atoms with Gasteiger partial charge in [0.2, 0.25) is 5.91 Å². The molecule has 154 valence electrons. The Kier molecular flexibility index (Phi) is 5.83. The highest BCUT2D eigenvalue weighted by atomic mass is 16.5. The van der Waals surface area contributed by atoms with Gasteiger partial charge in [-0.3, -0.25) is 9.78 Å². The fourth-order valence-electron chi connectivity index (χ4n) is 4.40. The number of ether oxygens (including phenoxy) is 1. The third kappa shape index (κ3) is 4.60. The highest BCUT2D eigenvalue weighted by molar-refractivity contribution is 5.73. The van der Waals surface area contributed by atoms with Crippen LogP contribution in [-0.2, 0) is 11.2 Å². The number of benzene rings is 1. The minimum absolute atomic E-state index is 0.0975. The van der Waals surface area contributed by atoms with Crippen molar-refractivity contribution in [2.75, 3.05) is 6.54 Å². The minimum Gasteiger partial charge on any atom is -0.485 e. The number of hydrogen-bond acceptors (Lipinski definition) is 5. The van der Waals surface area contributed by atoms with Crippen LogP contribution in [0.25, 0.3) is 0 Å². The van der Waals surface area contributed by atoms with Crippen LogP contribution in [0.4, 0.5) is 0 Å². The number of aliphatic hydroxyl groups excluding tert-OH is 1. The number of carbonyl (C=O) groups is 1. The summed E-state index contributed by atoms with van der Waals surface area (Å²) in [6.45, 7) is 1.88. The van der Waals surface area contributed by atoms with E-state index >= 15 is 0 Å². The molecule has 0 unspecified atom stereocenters. The van der Waals surface area contributed by atoms with Gasteiger partial charge in [-0.05, 0) is 37.3 Å². The van der Waals surface area contributed by atoms with Crippen LogP contribution >= 0.6 is 0 Å². The quantitative estimate of drug-likeness (QED) is 0.671. The Morgan fingerprint density at radius 2 is 2.10 bits per heavy atom. The Hall–Kier alpha value is -2.44. The zero-order valence-electron chi connectivity index (χ0n) is 16.8. The summed E-state index contributed by atoms with van der Waals surface area (Å²) in [6, 6.07) is 11.7. The van der Waals surface area contributed by atoms with Gasteiger partial charge in [-0.1, -0.05) is 30.3 Å². The number of nitrogens with one attached hydrogen (secondary N) is 2. The highest BCUT2D eigenvalue weighted by Crippen LogP contribution is 2.48. The summed E-state index contributed by atoms with van der Waals surface area (Å²) < 4.78 is 6.25. The molecular formula is C23H29N3O3. The predicted molar refractivity (Wildman–Crippen MR) is 111 cm³/mol. The molecule has 2 aliphatic rings. The van der Waals surface area contributed by atoms with E-state index in [1.165, 1.54) is 13.3 Å². The summed E-state index contributed by atoms with van der Waals surface area (Å²) in [7, 11) is 0. The van der Waals surface area contributed by atoms with E-state index in [0.29, 0.717) is 13.0 Å². The molecule has 1 saturated carbocycles. The number of fused-ring (bicyclic) bond motifs is 1. The monoisotopic (exact) mass is 395 g/mol. The molecular weight excluding hydrogens is 366 g/mol. The second-order valence-corrected chi connectivity index (χ2v) is 8.28. The fourth-order valence-corrected chi connectivity index (χ4v) is 4.40. The van der Waals surface area contributed by atoms with Gasteiger partial charge in [-0.15, -0.1) is 0 Å². The molecule has 1 aromatic heterocycles. The lowest BCUT2D eigenvalue weighted by Gasteiger charge is -2.48. The topological polar surface area (TPSA) is 83.5 Å². The van der Waals surface area contributed by atoms with Crippen molar-refractivity contribution in [3.8, 4) is 5.75 Å². The van der Waals surface area contributed by atoms with Crippen molar-refractivity contribution in [2.45, 2.75) is 62.8 Å². The lowest BCUT2D eigenvalue weighted by atomic mass is 9.73. The average Bonchev–Trinajstić information content (AvgIpc) is 2.70. The number of aromatic nitrogens is 1. The summed E-state index contributed by atoms with van der Waals surface area (Å²) in [5, 5.41) is 17.3. The first-order valence-corrected chi connectivity index (χ1v) is 10.4. The van der Waals surface area contributed by atoms with Crippen molar-refractivity contribution in [3.63, 3.8) is 0 Å². The van der Waals surface area contributed by atoms with E-state index < -0.39 is 6.10 Å². The molecule has 0 saturated heterocycles. The molecule has 2 heterocycles. The standard InChI is InChI=1S/C23H29N3O3/c1-16(27)26-19(12-17-6-3-2-4-7-17)21(28)14-25-20-13-23(9-5-10-23)29-22-15-24-11-8-18(20)22/h2-4,6-8,11,15,19-21,25,28H,5,9-10,12-14H2,1H3,(H,26,27)/t19-,20+,21+/m0/s1. The molecule has 1 aromatic carbocycles. The van der Waals surface area contributed by atoms with Gasteiger partial charge in [0.05, 0.1) is 18.3 Å². The number of rotatable bonds is 7. The number of pyridine rings is 1. The fraction of sp³-hybridized carbons (Fsp3) is 0.478. The van der Waals surface area contributed by atoms with Crippen molar-refractivity contribution in [3.05, 3.63) is 59.9 Å². The number of nitrogens with zero attached hydrogens (tertiary/aromatic N) is 1. The minimum atomic E-state index is -0.704. The van der Waals surface area contributed by atoms with Crippen molar-refractivity contribution >= 4 is 5.91 Å². The van der Waals surface area contributed by atoms with Gasteiger partial charge in [0.1, 0.15) is 11.4 Å². The molecule has 1 aliphatic carbocycles. The SMILES string of the molecule is CC(=O)N[C@@H](Cc1ccccc1)[C@H](O)CN[C@@H]1CC2(CCC2)Oc2cnccc21. The van der Waals surface area contributed by atoms with E-state index in [2.05, 4.69) is 15.6 Å². The van der Waals surface area contributed by atoms with Crippen LogP contribution in [0.5, 0.6) is 5.75 Å². The van der Waals surface area contributed by atoms with Crippen LogP contribution in [0.15, 0.2) is 48.8 Å². The Morgan fingerprint density at radius 1 is 1.31 bits per heavy atom. The second-order valence-electron chi connectivity index (χ2n) is 8.28. The van der Waals surface area contributed by atoms with Gasteiger partial charge in [-0.25, -0.2) is 0 Å². The molecule has 6 nitrogen and oxygen atoms in total. The van der Waals surface area contributed by atoms with Gasteiger partial charge in [0.25, 0.3) is 0 Å². The second kappa shape index (κ2) is 8.51. The molecule has 1 fully saturated rings. The Morgan fingerprint density at radius 3 is 2.79 bits per heavy atom.